The smallest absolute Gasteiger partial charge is 0.119 e. The van der Waals surface area contributed by atoms with E-state index >= 15 is 0 Å². The van der Waals surface area contributed by atoms with Crippen molar-refractivity contribution in [3.8, 4) is 0 Å². The van der Waals surface area contributed by atoms with E-state index < -0.39 is 6.10 Å². The van der Waals surface area contributed by atoms with Gasteiger partial charge >= 0.3 is 0 Å². The molecule has 0 radical (unpaired) electrons. The van der Waals surface area contributed by atoms with Crippen LogP contribution in [0.1, 0.15) is 11.8 Å². The molecule has 4 heteroatoms. The van der Waals surface area contributed by atoms with E-state index in [-0.39, 0.29) is 6.61 Å². The maximum atomic E-state index is 9.12. The second kappa shape index (κ2) is 3.80. The molecule has 1 heterocycles. The summed E-state index contributed by atoms with van der Waals surface area (Å²) in [5.74, 6) is 0. The lowest BCUT2D eigenvalue weighted by Crippen LogP contribution is -2.04. The normalized spacial score (nSPS) is 13.0. The van der Waals surface area contributed by atoms with Crippen LogP contribution in [0.5, 0.6) is 0 Å². The van der Waals surface area contributed by atoms with Crippen molar-refractivity contribution in [2.75, 3.05) is 6.61 Å². The van der Waals surface area contributed by atoms with Crippen molar-refractivity contribution >= 4 is 15.9 Å². The number of hydrogen-bond donors (Lipinski definition) is 2. The Morgan fingerprint density at radius 1 is 1.55 bits per heavy atom. The molecule has 0 bridgehead atoms. The van der Waals surface area contributed by atoms with Crippen LogP contribution in [0.15, 0.2) is 22.8 Å². The van der Waals surface area contributed by atoms with Gasteiger partial charge in [0.2, 0.25) is 0 Å². The van der Waals surface area contributed by atoms with Crippen molar-refractivity contribution < 1.29 is 10.2 Å². The van der Waals surface area contributed by atoms with E-state index in [9.17, 15) is 0 Å². The molecule has 0 aromatic carbocycles. The summed E-state index contributed by atoms with van der Waals surface area (Å²) < 4.78 is 0.655. The number of aliphatic hydroxyl groups is 2. The second-order valence-electron chi connectivity index (χ2n) is 2.08. The molecule has 1 unspecified atom stereocenters. The van der Waals surface area contributed by atoms with E-state index in [0.717, 1.165) is 0 Å². The highest BCUT2D eigenvalue weighted by molar-refractivity contribution is 9.10. The lowest BCUT2D eigenvalue weighted by molar-refractivity contribution is 0.0921. The predicted octanol–water partition coefficient (Wildman–Crippen LogP) is 0.870. The van der Waals surface area contributed by atoms with E-state index in [2.05, 4.69) is 20.9 Å². The topological polar surface area (TPSA) is 53.4 Å². The minimum atomic E-state index is -0.882. The van der Waals surface area contributed by atoms with Crippen molar-refractivity contribution in [3.05, 3.63) is 28.5 Å². The molecule has 1 rings (SSSR count). The van der Waals surface area contributed by atoms with Crippen molar-refractivity contribution in [1.82, 2.24) is 4.98 Å². The minimum absolute atomic E-state index is 0.302. The zero-order valence-corrected chi connectivity index (χ0v) is 7.32. The summed E-state index contributed by atoms with van der Waals surface area (Å²) >= 11 is 3.16. The molecule has 0 aliphatic heterocycles. The highest BCUT2D eigenvalue weighted by atomic mass is 79.9. The first-order valence-corrected chi connectivity index (χ1v) is 3.94. The Labute approximate surface area is 72.8 Å². The van der Waals surface area contributed by atoms with E-state index in [1.54, 1.807) is 18.2 Å². The molecular formula is C7H8BrNO2. The molecule has 0 aliphatic carbocycles. The van der Waals surface area contributed by atoms with Crippen LogP contribution in [0.25, 0.3) is 0 Å². The van der Waals surface area contributed by atoms with Gasteiger partial charge in [-0.05, 0) is 28.1 Å². The Morgan fingerprint density at radius 2 is 2.27 bits per heavy atom. The highest BCUT2D eigenvalue weighted by Gasteiger charge is 2.06. The zero-order valence-electron chi connectivity index (χ0n) is 5.74. The molecule has 0 amide bonds. The van der Waals surface area contributed by atoms with E-state index in [1.165, 1.54) is 0 Å². The van der Waals surface area contributed by atoms with Gasteiger partial charge in [0.25, 0.3) is 0 Å². The van der Waals surface area contributed by atoms with Gasteiger partial charge in [0, 0.05) is 0 Å². The number of aliphatic hydroxyl groups excluding tert-OH is 2. The quantitative estimate of drug-likeness (QED) is 0.724. The zero-order chi connectivity index (χ0) is 8.27. The number of aromatic nitrogens is 1. The third-order valence-corrected chi connectivity index (χ3v) is 1.69. The first-order valence-electron chi connectivity index (χ1n) is 3.15. The lowest BCUT2D eigenvalue weighted by Gasteiger charge is -2.05. The van der Waals surface area contributed by atoms with Gasteiger partial charge in [0.15, 0.2) is 0 Å². The van der Waals surface area contributed by atoms with Gasteiger partial charge < -0.3 is 10.2 Å². The largest absolute Gasteiger partial charge is 0.393 e. The lowest BCUT2D eigenvalue weighted by atomic mass is 10.2. The van der Waals surface area contributed by atoms with Crippen LogP contribution in [-0.4, -0.2) is 21.8 Å². The summed E-state index contributed by atoms with van der Waals surface area (Å²) in [5, 5.41) is 17.7. The maximum absolute atomic E-state index is 9.12. The van der Waals surface area contributed by atoms with Crippen LogP contribution in [0.3, 0.4) is 0 Å². The van der Waals surface area contributed by atoms with E-state index in [0.29, 0.717) is 10.3 Å². The maximum Gasteiger partial charge on any atom is 0.119 e. The van der Waals surface area contributed by atoms with E-state index in [1.807, 2.05) is 0 Å². The molecule has 3 nitrogen and oxygen atoms in total. The van der Waals surface area contributed by atoms with Crippen molar-refractivity contribution in [2.24, 2.45) is 0 Å². The predicted molar refractivity (Wildman–Crippen MR) is 44.0 cm³/mol. The molecular weight excluding hydrogens is 210 g/mol. The summed E-state index contributed by atoms with van der Waals surface area (Å²) in [5.41, 5.74) is 0.474. The van der Waals surface area contributed by atoms with Crippen molar-refractivity contribution in [2.45, 2.75) is 6.10 Å². The Balaban J connectivity index is 2.86. The number of pyridine rings is 1. The molecule has 0 saturated carbocycles. The van der Waals surface area contributed by atoms with Crippen LogP contribution >= 0.6 is 15.9 Å². The van der Waals surface area contributed by atoms with Gasteiger partial charge in [0.1, 0.15) is 10.7 Å². The summed E-state index contributed by atoms with van der Waals surface area (Å²) in [6.45, 7) is -0.302. The molecule has 0 fully saturated rings. The Bertz CT molecular complexity index is 242. The Hall–Kier alpha value is -0.450. The average molecular weight is 218 g/mol. The first kappa shape index (κ1) is 8.64. The monoisotopic (exact) mass is 217 g/mol. The first-order chi connectivity index (χ1) is 5.24. The Morgan fingerprint density at radius 3 is 2.82 bits per heavy atom. The highest BCUT2D eigenvalue weighted by Crippen LogP contribution is 2.12. The fourth-order valence-electron chi connectivity index (χ4n) is 0.703. The molecule has 0 saturated heterocycles. The SMILES string of the molecule is OCC(O)c1cccc(Br)n1. The fraction of sp³-hybridized carbons (Fsp3) is 0.286. The number of rotatable bonds is 2. The molecule has 0 spiro atoms. The third kappa shape index (κ3) is 2.25. The van der Waals surface area contributed by atoms with Crippen molar-refractivity contribution in [1.29, 1.82) is 0 Å². The summed E-state index contributed by atoms with van der Waals surface area (Å²) in [7, 11) is 0. The van der Waals surface area contributed by atoms with Crippen LogP contribution in [0, 0.1) is 0 Å². The summed E-state index contributed by atoms with van der Waals surface area (Å²) in [6.07, 6.45) is -0.882. The number of nitrogens with zero attached hydrogens (tertiary/aromatic N) is 1. The standard InChI is InChI=1S/C7H8BrNO2/c8-7-3-1-2-5(9-7)6(11)4-10/h1-3,6,10-11H,4H2. The average Bonchev–Trinajstić information content (AvgIpc) is 2.03. The fourth-order valence-corrected chi connectivity index (χ4v) is 1.06. The van der Waals surface area contributed by atoms with Gasteiger partial charge in [-0.1, -0.05) is 6.07 Å². The van der Waals surface area contributed by atoms with Crippen molar-refractivity contribution in [3.63, 3.8) is 0 Å². The number of halogens is 1. The van der Waals surface area contributed by atoms with Crippen LogP contribution in [-0.2, 0) is 0 Å². The summed E-state index contributed by atoms with van der Waals surface area (Å²) in [6, 6.07) is 5.17. The molecule has 60 valence electrons. The van der Waals surface area contributed by atoms with Gasteiger partial charge in [-0.15, -0.1) is 0 Å². The molecule has 2 N–H and O–H groups in total. The Kier molecular flexibility index (Phi) is 2.99. The van der Waals surface area contributed by atoms with E-state index in [4.69, 9.17) is 10.2 Å². The van der Waals surface area contributed by atoms with Crippen LogP contribution < -0.4 is 0 Å². The van der Waals surface area contributed by atoms with Gasteiger partial charge in [-0.3, -0.25) is 0 Å². The molecule has 1 atom stereocenters. The van der Waals surface area contributed by atoms with Gasteiger partial charge in [-0.25, -0.2) is 4.98 Å². The summed E-state index contributed by atoms with van der Waals surface area (Å²) in [4.78, 5) is 3.95. The van der Waals surface area contributed by atoms with Gasteiger partial charge in [0.05, 0.1) is 12.3 Å². The van der Waals surface area contributed by atoms with Crippen LogP contribution in [0.4, 0.5) is 0 Å². The second-order valence-corrected chi connectivity index (χ2v) is 2.90. The third-order valence-electron chi connectivity index (χ3n) is 1.25. The molecule has 11 heavy (non-hydrogen) atoms. The molecule has 0 aliphatic rings. The van der Waals surface area contributed by atoms with Crippen LogP contribution in [0.2, 0.25) is 0 Å². The minimum Gasteiger partial charge on any atom is -0.393 e. The molecule has 1 aromatic rings. The molecule has 1 aromatic heterocycles. The number of hydrogen-bond acceptors (Lipinski definition) is 3. The van der Waals surface area contributed by atoms with Gasteiger partial charge in [-0.2, -0.15) is 0 Å².